The average Bonchev–Trinajstić information content (AvgIpc) is 2.53. The Morgan fingerprint density at radius 2 is 2.23 bits per heavy atom. The molecule has 0 aromatic carbocycles. The number of carbonyl (C=O) groups excluding carboxylic acids is 1. The van der Waals surface area contributed by atoms with E-state index in [0.29, 0.717) is 12.5 Å². The SMILES string of the molecule is O=C1CC[C@H](CN2CCOCC2)N1. The van der Waals surface area contributed by atoms with E-state index < -0.39 is 0 Å². The van der Waals surface area contributed by atoms with Gasteiger partial charge in [-0.2, -0.15) is 0 Å². The van der Waals surface area contributed by atoms with Crippen LogP contribution in [0.2, 0.25) is 0 Å². The molecule has 13 heavy (non-hydrogen) atoms. The number of hydrogen-bond donors (Lipinski definition) is 1. The van der Waals surface area contributed by atoms with Crippen molar-refractivity contribution in [2.45, 2.75) is 18.9 Å². The Hall–Kier alpha value is -0.610. The molecule has 1 atom stereocenters. The standard InChI is InChI=1S/C9H16N2O2/c12-9-2-1-8(10-9)7-11-3-5-13-6-4-11/h8H,1-7H2,(H,10,12)/t8-/m1/s1. The van der Waals surface area contributed by atoms with Gasteiger partial charge in [-0.15, -0.1) is 0 Å². The molecule has 2 fully saturated rings. The topological polar surface area (TPSA) is 41.6 Å². The van der Waals surface area contributed by atoms with Gasteiger partial charge in [0, 0.05) is 32.1 Å². The predicted molar refractivity (Wildman–Crippen MR) is 48.4 cm³/mol. The van der Waals surface area contributed by atoms with Gasteiger partial charge in [0.25, 0.3) is 0 Å². The Kier molecular flexibility index (Phi) is 2.80. The van der Waals surface area contributed by atoms with E-state index in [4.69, 9.17) is 4.74 Å². The molecule has 0 aliphatic carbocycles. The van der Waals surface area contributed by atoms with Crippen LogP contribution in [0.5, 0.6) is 0 Å². The lowest BCUT2D eigenvalue weighted by molar-refractivity contribution is -0.119. The van der Waals surface area contributed by atoms with Gasteiger partial charge in [-0.05, 0) is 6.42 Å². The quantitative estimate of drug-likeness (QED) is 0.634. The molecule has 2 saturated heterocycles. The largest absolute Gasteiger partial charge is 0.379 e. The van der Waals surface area contributed by atoms with Gasteiger partial charge in [0.15, 0.2) is 0 Å². The third-order valence-electron chi connectivity index (χ3n) is 2.67. The molecule has 4 heteroatoms. The highest BCUT2D eigenvalue weighted by Crippen LogP contribution is 2.09. The highest BCUT2D eigenvalue weighted by atomic mass is 16.5. The first-order chi connectivity index (χ1) is 6.34. The first kappa shape index (κ1) is 8.97. The van der Waals surface area contributed by atoms with Crippen molar-refractivity contribution in [1.82, 2.24) is 10.2 Å². The molecule has 0 aromatic heterocycles. The second-order valence-electron chi connectivity index (χ2n) is 3.72. The molecule has 4 nitrogen and oxygen atoms in total. The molecule has 1 N–H and O–H groups in total. The minimum atomic E-state index is 0.207. The Morgan fingerprint density at radius 1 is 1.46 bits per heavy atom. The molecule has 0 bridgehead atoms. The Balaban J connectivity index is 1.73. The minimum Gasteiger partial charge on any atom is -0.379 e. The smallest absolute Gasteiger partial charge is 0.220 e. The van der Waals surface area contributed by atoms with Crippen LogP contribution in [0.3, 0.4) is 0 Å². The van der Waals surface area contributed by atoms with Crippen molar-refractivity contribution in [1.29, 1.82) is 0 Å². The van der Waals surface area contributed by atoms with Gasteiger partial charge in [0.2, 0.25) is 5.91 Å². The van der Waals surface area contributed by atoms with Crippen LogP contribution in [0, 0.1) is 0 Å². The molecule has 1 amide bonds. The predicted octanol–water partition coefficient (Wildman–Crippen LogP) is -0.403. The van der Waals surface area contributed by atoms with Crippen LogP contribution < -0.4 is 5.32 Å². The molecule has 0 saturated carbocycles. The maximum absolute atomic E-state index is 10.9. The fraction of sp³-hybridized carbons (Fsp3) is 0.889. The van der Waals surface area contributed by atoms with Crippen LogP contribution in [0.25, 0.3) is 0 Å². The van der Waals surface area contributed by atoms with Crippen molar-refractivity contribution < 1.29 is 9.53 Å². The summed E-state index contributed by atoms with van der Waals surface area (Å²) in [6.07, 6.45) is 1.70. The molecule has 0 spiro atoms. The van der Waals surface area contributed by atoms with E-state index in [1.807, 2.05) is 0 Å². The number of hydrogen-bond acceptors (Lipinski definition) is 3. The number of nitrogens with zero attached hydrogens (tertiary/aromatic N) is 1. The molecule has 2 aliphatic heterocycles. The van der Waals surface area contributed by atoms with Crippen molar-refractivity contribution >= 4 is 5.91 Å². The van der Waals surface area contributed by atoms with Crippen molar-refractivity contribution in [3.05, 3.63) is 0 Å². The summed E-state index contributed by atoms with van der Waals surface area (Å²) in [5.74, 6) is 0.207. The lowest BCUT2D eigenvalue weighted by Gasteiger charge is -2.28. The van der Waals surface area contributed by atoms with E-state index in [2.05, 4.69) is 10.2 Å². The number of ether oxygens (including phenoxy) is 1. The molecule has 0 unspecified atom stereocenters. The normalized spacial score (nSPS) is 30.5. The van der Waals surface area contributed by atoms with Crippen molar-refractivity contribution in [3.63, 3.8) is 0 Å². The summed E-state index contributed by atoms with van der Waals surface area (Å²) in [5.41, 5.74) is 0. The molecule has 0 radical (unpaired) electrons. The van der Waals surface area contributed by atoms with Gasteiger partial charge in [-0.1, -0.05) is 0 Å². The summed E-state index contributed by atoms with van der Waals surface area (Å²) in [6.45, 7) is 4.68. The highest BCUT2D eigenvalue weighted by molar-refractivity contribution is 5.78. The fourth-order valence-electron chi connectivity index (χ4n) is 1.91. The average molecular weight is 184 g/mol. The van der Waals surface area contributed by atoms with Crippen molar-refractivity contribution in [2.75, 3.05) is 32.8 Å². The fourth-order valence-corrected chi connectivity index (χ4v) is 1.91. The lowest BCUT2D eigenvalue weighted by atomic mass is 10.2. The van der Waals surface area contributed by atoms with Crippen LogP contribution >= 0.6 is 0 Å². The third kappa shape index (κ3) is 2.42. The second-order valence-corrected chi connectivity index (χ2v) is 3.72. The highest BCUT2D eigenvalue weighted by Gasteiger charge is 2.23. The first-order valence-electron chi connectivity index (χ1n) is 4.94. The van der Waals surface area contributed by atoms with Crippen LogP contribution in [0.4, 0.5) is 0 Å². The van der Waals surface area contributed by atoms with E-state index in [9.17, 15) is 4.79 Å². The second kappa shape index (κ2) is 4.07. The minimum absolute atomic E-state index is 0.207. The van der Waals surface area contributed by atoms with Crippen molar-refractivity contribution in [3.8, 4) is 0 Å². The zero-order valence-corrected chi connectivity index (χ0v) is 7.79. The summed E-state index contributed by atoms with van der Waals surface area (Å²) in [5, 5.41) is 2.98. The lowest BCUT2D eigenvalue weighted by Crippen LogP contribution is -2.44. The summed E-state index contributed by atoms with van der Waals surface area (Å²) < 4.78 is 5.26. The molecule has 74 valence electrons. The number of rotatable bonds is 2. The molecule has 0 aromatic rings. The molecule has 2 aliphatic rings. The van der Waals surface area contributed by atoms with E-state index in [1.165, 1.54) is 0 Å². The number of morpholine rings is 1. The van der Waals surface area contributed by atoms with E-state index in [-0.39, 0.29) is 5.91 Å². The van der Waals surface area contributed by atoms with E-state index in [1.54, 1.807) is 0 Å². The molecular weight excluding hydrogens is 168 g/mol. The summed E-state index contributed by atoms with van der Waals surface area (Å²) in [4.78, 5) is 13.3. The Morgan fingerprint density at radius 3 is 2.85 bits per heavy atom. The number of amides is 1. The zero-order chi connectivity index (χ0) is 9.10. The van der Waals surface area contributed by atoms with Crippen molar-refractivity contribution in [2.24, 2.45) is 0 Å². The van der Waals surface area contributed by atoms with Gasteiger partial charge in [0.1, 0.15) is 0 Å². The van der Waals surface area contributed by atoms with Crippen LogP contribution in [0.15, 0.2) is 0 Å². The Labute approximate surface area is 78.2 Å². The number of carbonyl (C=O) groups is 1. The molecular formula is C9H16N2O2. The van der Waals surface area contributed by atoms with Gasteiger partial charge >= 0.3 is 0 Å². The maximum Gasteiger partial charge on any atom is 0.220 e. The van der Waals surface area contributed by atoms with Crippen LogP contribution in [0.1, 0.15) is 12.8 Å². The van der Waals surface area contributed by atoms with Crippen LogP contribution in [-0.2, 0) is 9.53 Å². The Bertz CT molecular complexity index is 190. The summed E-state index contributed by atoms with van der Waals surface area (Å²) in [6, 6.07) is 0.380. The summed E-state index contributed by atoms with van der Waals surface area (Å²) >= 11 is 0. The van der Waals surface area contributed by atoms with E-state index >= 15 is 0 Å². The van der Waals surface area contributed by atoms with Gasteiger partial charge < -0.3 is 10.1 Å². The zero-order valence-electron chi connectivity index (χ0n) is 7.79. The van der Waals surface area contributed by atoms with Gasteiger partial charge in [0.05, 0.1) is 13.2 Å². The summed E-state index contributed by atoms with van der Waals surface area (Å²) in [7, 11) is 0. The van der Waals surface area contributed by atoms with Crippen LogP contribution in [-0.4, -0.2) is 49.7 Å². The number of nitrogens with one attached hydrogen (secondary N) is 1. The third-order valence-corrected chi connectivity index (χ3v) is 2.67. The van der Waals surface area contributed by atoms with Gasteiger partial charge in [-0.3, -0.25) is 9.69 Å². The molecule has 2 heterocycles. The monoisotopic (exact) mass is 184 g/mol. The maximum atomic E-state index is 10.9. The first-order valence-corrected chi connectivity index (χ1v) is 4.94. The molecule has 2 rings (SSSR count). The van der Waals surface area contributed by atoms with Gasteiger partial charge in [-0.25, -0.2) is 0 Å². The van der Waals surface area contributed by atoms with E-state index in [0.717, 1.165) is 39.3 Å².